The van der Waals surface area contributed by atoms with E-state index in [0.29, 0.717) is 21.9 Å². The number of rotatable bonds is 7. The summed E-state index contributed by atoms with van der Waals surface area (Å²) < 4.78 is 78.8. The van der Waals surface area contributed by atoms with E-state index in [4.69, 9.17) is 9.47 Å². The van der Waals surface area contributed by atoms with Crippen LogP contribution in [-0.2, 0) is 21.0 Å². The van der Waals surface area contributed by atoms with Gasteiger partial charge in [-0.2, -0.15) is 13.2 Å². The molecule has 1 aliphatic rings. The first-order valence-corrected chi connectivity index (χ1v) is 12.4. The monoisotopic (exact) mass is 520 g/mol. The van der Waals surface area contributed by atoms with Gasteiger partial charge in [0.1, 0.15) is 19.3 Å². The fourth-order valence-corrected chi connectivity index (χ4v) is 4.98. The second-order valence-corrected chi connectivity index (χ2v) is 10.0. The van der Waals surface area contributed by atoms with E-state index < -0.39 is 40.3 Å². The van der Waals surface area contributed by atoms with E-state index >= 15 is 0 Å². The predicted molar refractivity (Wildman–Crippen MR) is 127 cm³/mol. The second kappa shape index (κ2) is 10.1. The van der Waals surface area contributed by atoms with Crippen LogP contribution in [0.1, 0.15) is 11.1 Å². The van der Waals surface area contributed by atoms with Crippen molar-refractivity contribution in [1.82, 2.24) is 5.32 Å². The number of alkyl halides is 3. The summed E-state index contributed by atoms with van der Waals surface area (Å²) in [5.74, 6) is 0.362. The maximum atomic E-state index is 13.4. The number of halogens is 3. The quantitative estimate of drug-likeness (QED) is 0.506. The molecule has 1 amide bonds. The van der Waals surface area contributed by atoms with Gasteiger partial charge in [0.25, 0.3) is 10.0 Å². The van der Waals surface area contributed by atoms with Crippen LogP contribution < -0.4 is 19.1 Å². The Morgan fingerprint density at radius 1 is 1.03 bits per heavy atom. The molecule has 0 saturated heterocycles. The fourth-order valence-electron chi connectivity index (χ4n) is 3.57. The average Bonchev–Trinajstić information content (AvgIpc) is 2.85. The lowest BCUT2D eigenvalue weighted by atomic mass is 10.2. The summed E-state index contributed by atoms with van der Waals surface area (Å²) >= 11 is 0. The standard InChI is InChI=1S/C25H23F3N2O5S/c1-17-9-11-21(12-10-17)36(32,33)30(19-6-4-5-18(13-19)25(26,27)28)15-24(31)29-14-20-16-34-22-7-2-3-8-23(22)35-20/h2-13,20H,14-16H2,1H3,(H,29,31)/t20-/m1/s1. The molecule has 1 heterocycles. The number of fused-ring (bicyclic) bond motifs is 1. The highest BCUT2D eigenvalue weighted by atomic mass is 32.2. The molecule has 0 saturated carbocycles. The summed E-state index contributed by atoms with van der Waals surface area (Å²) in [6, 6.07) is 16.7. The Balaban J connectivity index is 1.55. The van der Waals surface area contributed by atoms with Crippen LogP contribution in [0, 0.1) is 6.92 Å². The molecule has 0 aromatic heterocycles. The molecule has 0 aliphatic carbocycles. The van der Waals surface area contributed by atoms with Gasteiger partial charge in [0.15, 0.2) is 11.5 Å². The Labute approximate surface area is 206 Å². The van der Waals surface area contributed by atoms with Crippen LogP contribution >= 0.6 is 0 Å². The molecule has 0 spiro atoms. The van der Waals surface area contributed by atoms with Crippen molar-refractivity contribution in [2.24, 2.45) is 0 Å². The Bertz CT molecular complexity index is 1340. The molecule has 1 atom stereocenters. The van der Waals surface area contributed by atoms with Crippen molar-refractivity contribution < 1.29 is 35.9 Å². The molecule has 4 rings (SSSR count). The third kappa shape index (κ3) is 5.73. The number of para-hydroxylation sites is 2. The van der Waals surface area contributed by atoms with Gasteiger partial charge >= 0.3 is 6.18 Å². The zero-order valence-electron chi connectivity index (χ0n) is 19.2. The van der Waals surface area contributed by atoms with Gasteiger partial charge in [-0.25, -0.2) is 8.42 Å². The molecule has 1 aliphatic heterocycles. The molecule has 0 bridgehead atoms. The number of amides is 1. The third-order valence-electron chi connectivity index (χ3n) is 5.45. The minimum absolute atomic E-state index is 0.00811. The van der Waals surface area contributed by atoms with Crippen molar-refractivity contribution in [2.45, 2.75) is 24.1 Å². The van der Waals surface area contributed by atoms with E-state index in [0.717, 1.165) is 17.7 Å². The van der Waals surface area contributed by atoms with Gasteiger partial charge in [0.05, 0.1) is 22.7 Å². The minimum atomic E-state index is -4.69. The molecule has 11 heteroatoms. The summed E-state index contributed by atoms with van der Waals surface area (Å²) in [7, 11) is -4.36. The van der Waals surface area contributed by atoms with Crippen molar-refractivity contribution in [1.29, 1.82) is 0 Å². The second-order valence-electron chi connectivity index (χ2n) is 8.17. The summed E-state index contributed by atoms with van der Waals surface area (Å²) in [6.07, 6.45) is -5.22. The highest BCUT2D eigenvalue weighted by Crippen LogP contribution is 2.33. The number of nitrogens with zero attached hydrogens (tertiary/aromatic N) is 1. The molecule has 0 unspecified atom stereocenters. The fraction of sp³-hybridized carbons (Fsp3) is 0.240. The number of nitrogens with one attached hydrogen (secondary N) is 1. The maximum Gasteiger partial charge on any atom is 0.416 e. The van der Waals surface area contributed by atoms with Crippen LogP contribution in [0.3, 0.4) is 0 Å². The topological polar surface area (TPSA) is 84.9 Å². The maximum absolute atomic E-state index is 13.4. The van der Waals surface area contributed by atoms with Crippen molar-refractivity contribution in [3.63, 3.8) is 0 Å². The van der Waals surface area contributed by atoms with E-state index in [2.05, 4.69) is 5.32 Å². The van der Waals surface area contributed by atoms with Gasteiger partial charge in [0.2, 0.25) is 5.91 Å². The molecule has 0 fully saturated rings. The van der Waals surface area contributed by atoms with Crippen LogP contribution in [0.15, 0.2) is 77.7 Å². The molecule has 190 valence electrons. The third-order valence-corrected chi connectivity index (χ3v) is 7.24. The zero-order chi connectivity index (χ0) is 25.9. The lowest BCUT2D eigenvalue weighted by Crippen LogP contribution is -2.45. The van der Waals surface area contributed by atoms with E-state index in [1.54, 1.807) is 43.3 Å². The van der Waals surface area contributed by atoms with Crippen LogP contribution in [-0.4, -0.2) is 40.1 Å². The number of anilines is 1. The summed E-state index contributed by atoms with van der Waals surface area (Å²) in [5, 5.41) is 2.59. The van der Waals surface area contributed by atoms with Gasteiger partial charge in [-0.05, 0) is 49.4 Å². The molecule has 36 heavy (non-hydrogen) atoms. The van der Waals surface area contributed by atoms with E-state index in [9.17, 15) is 26.4 Å². The van der Waals surface area contributed by atoms with Gasteiger partial charge in [-0.1, -0.05) is 35.9 Å². The highest BCUT2D eigenvalue weighted by Gasteiger charge is 2.33. The molecule has 3 aromatic carbocycles. The van der Waals surface area contributed by atoms with E-state index in [-0.39, 0.29) is 23.7 Å². The number of benzene rings is 3. The number of aryl methyl sites for hydroxylation is 1. The number of hydrogen-bond acceptors (Lipinski definition) is 5. The first-order chi connectivity index (χ1) is 17.0. The molecular formula is C25H23F3N2O5S. The minimum Gasteiger partial charge on any atom is -0.486 e. The first kappa shape index (κ1) is 25.4. The molecule has 7 nitrogen and oxygen atoms in total. The Kier molecular flexibility index (Phi) is 7.11. The number of sulfonamides is 1. The molecule has 1 N–H and O–H groups in total. The van der Waals surface area contributed by atoms with Gasteiger partial charge in [0, 0.05) is 0 Å². The van der Waals surface area contributed by atoms with Gasteiger partial charge in [-0.15, -0.1) is 0 Å². The zero-order valence-corrected chi connectivity index (χ0v) is 20.0. The van der Waals surface area contributed by atoms with Crippen LogP contribution in [0.5, 0.6) is 11.5 Å². The van der Waals surface area contributed by atoms with Crippen LogP contribution in [0.2, 0.25) is 0 Å². The molecule has 3 aromatic rings. The molecule has 0 radical (unpaired) electrons. The summed E-state index contributed by atoms with van der Waals surface area (Å²) in [4.78, 5) is 12.6. The summed E-state index contributed by atoms with van der Waals surface area (Å²) in [6.45, 7) is 1.20. The Morgan fingerprint density at radius 2 is 1.72 bits per heavy atom. The Hall–Kier alpha value is -3.73. The number of carbonyl (C=O) groups is 1. The summed E-state index contributed by atoms with van der Waals surface area (Å²) in [5.41, 5.74) is -0.517. The lowest BCUT2D eigenvalue weighted by Gasteiger charge is -2.28. The van der Waals surface area contributed by atoms with Crippen LogP contribution in [0.4, 0.5) is 18.9 Å². The molecular weight excluding hydrogens is 497 g/mol. The van der Waals surface area contributed by atoms with Crippen molar-refractivity contribution in [3.8, 4) is 11.5 Å². The largest absolute Gasteiger partial charge is 0.486 e. The lowest BCUT2D eigenvalue weighted by molar-refractivity contribution is -0.137. The van der Waals surface area contributed by atoms with Crippen molar-refractivity contribution in [2.75, 3.05) is 24.0 Å². The van der Waals surface area contributed by atoms with Crippen molar-refractivity contribution >= 4 is 21.6 Å². The normalized spacial score (nSPS) is 15.3. The highest BCUT2D eigenvalue weighted by molar-refractivity contribution is 7.92. The SMILES string of the molecule is Cc1ccc(S(=O)(=O)N(CC(=O)NC[C@@H]2COc3ccccc3O2)c2cccc(C(F)(F)F)c2)cc1. The number of hydrogen-bond donors (Lipinski definition) is 1. The van der Waals surface area contributed by atoms with Crippen LogP contribution in [0.25, 0.3) is 0 Å². The van der Waals surface area contributed by atoms with Crippen molar-refractivity contribution in [3.05, 3.63) is 83.9 Å². The van der Waals surface area contributed by atoms with E-state index in [1.807, 2.05) is 0 Å². The number of carbonyl (C=O) groups excluding carboxylic acids is 1. The Morgan fingerprint density at radius 3 is 2.42 bits per heavy atom. The number of ether oxygens (including phenoxy) is 2. The smallest absolute Gasteiger partial charge is 0.416 e. The first-order valence-electron chi connectivity index (χ1n) is 11.0. The predicted octanol–water partition coefficient (Wildman–Crippen LogP) is 4.17. The average molecular weight is 521 g/mol. The van der Waals surface area contributed by atoms with Gasteiger partial charge < -0.3 is 14.8 Å². The van der Waals surface area contributed by atoms with Gasteiger partial charge in [-0.3, -0.25) is 9.10 Å². The van der Waals surface area contributed by atoms with E-state index in [1.165, 1.54) is 18.2 Å².